The molecule has 112 valence electrons. The van der Waals surface area contributed by atoms with Gasteiger partial charge in [-0.05, 0) is 52.7 Å². The van der Waals surface area contributed by atoms with E-state index in [1.807, 2.05) is 24.3 Å². The molecule has 2 rings (SSSR count). The molecule has 0 aromatic heterocycles. The van der Waals surface area contributed by atoms with Gasteiger partial charge in [-0.2, -0.15) is 0 Å². The van der Waals surface area contributed by atoms with Crippen molar-refractivity contribution in [2.24, 2.45) is 0 Å². The fourth-order valence-corrected chi connectivity index (χ4v) is 2.80. The SMILES string of the molecule is Cc1ccc(Oc2cc(Br)ccc2CNC(C)C)c(Br)c1. The van der Waals surface area contributed by atoms with Crippen LogP contribution >= 0.6 is 31.9 Å². The minimum absolute atomic E-state index is 0.438. The van der Waals surface area contributed by atoms with Crippen LogP contribution in [0, 0.1) is 6.92 Å². The van der Waals surface area contributed by atoms with Crippen molar-refractivity contribution < 1.29 is 4.74 Å². The van der Waals surface area contributed by atoms with E-state index in [2.05, 4.69) is 70.1 Å². The van der Waals surface area contributed by atoms with E-state index in [4.69, 9.17) is 4.74 Å². The standard InChI is InChI=1S/C17H19Br2NO/c1-11(2)20-10-13-5-6-14(18)9-17(13)21-16-7-4-12(3)8-15(16)19/h4-9,11,20H,10H2,1-3H3. The van der Waals surface area contributed by atoms with Gasteiger partial charge in [0.1, 0.15) is 11.5 Å². The lowest BCUT2D eigenvalue weighted by molar-refractivity contribution is 0.466. The second-order valence-electron chi connectivity index (χ2n) is 5.32. The molecule has 0 saturated carbocycles. The molecule has 2 nitrogen and oxygen atoms in total. The quantitative estimate of drug-likeness (QED) is 0.668. The van der Waals surface area contributed by atoms with Crippen LogP contribution in [0.2, 0.25) is 0 Å². The zero-order valence-electron chi connectivity index (χ0n) is 12.4. The van der Waals surface area contributed by atoms with E-state index in [0.29, 0.717) is 6.04 Å². The first-order chi connectivity index (χ1) is 9.95. The number of rotatable bonds is 5. The Morgan fingerprint density at radius 1 is 1.05 bits per heavy atom. The van der Waals surface area contributed by atoms with Crippen LogP contribution in [0.15, 0.2) is 45.3 Å². The maximum absolute atomic E-state index is 6.09. The molecule has 0 saturated heterocycles. The molecule has 1 N–H and O–H groups in total. The van der Waals surface area contributed by atoms with E-state index in [1.54, 1.807) is 0 Å². The summed E-state index contributed by atoms with van der Waals surface area (Å²) in [6, 6.07) is 12.6. The Balaban J connectivity index is 2.27. The smallest absolute Gasteiger partial charge is 0.141 e. The van der Waals surface area contributed by atoms with E-state index in [9.17, 15) is 0 Å². The minimum atomic E-state index is 0.438. The predicted octanol–water partition coefficient (Wildman–Crippen LogP) is 5.81. The summed E-state index contributed by atoms with van der Waals surface area (Å²) >= 11 is 7.07. The van der Waals surface area contributed by atoms with Crippen LogP contribution in [-0.4, -0.2) is 6.04 Å². The van der Waals surface area contributed by atoms with Crippen LogP contribution in [0.4, 0.5) is 0 Å². The maximum Gasteiger partial charge on any atom is 0.141 e. The van der Waals surface area contributed by atoms with Gasteiger partial charge >= 0.3 is 0 Å². The Labute approximate surface area is 143 Å². The zero-order chi connectivity index (χ0) is 15.4. The lowest BCUT2D eigenvalue weighted by Gasteiger charge is -2.15. The molecule has 0 atom stereocenters. The minimum Gasteiger partial charge on any atom is -0.456 e. The number of nitrogens with one attached hydrogen (secondary N) is 1. The van der Waals surface area contributed by atoms with E-state index < -0.39 is 0 Å². The number of hydrogen-bond donors (Lipinski definition) is 1. The fraction of sp³-hybridized carbons (Fsp3) is 0.294. The molecule has 0 aliphatic heterocycles. The zero-order valence-corrected chi connectivity index (χ0v) is 15.6. The molecule has 0 bridgehead atoms. The van der Waals surface area contributed by atoms with E-state index in [1.165, 1.54) is 5.56 Å². The van der Waals surface area contributed by atoms with Crippen molar-refractivity contribution in [2.75, 3.05) is 0 Å². The first-order valence-corrected chi connectivity index (χ1v) is 8.50. The molecule has 21 heavy (non-hydrogen) atoms. The number of ether oxygens (including phenoxy) is 1. The Hall–Kier alpha value is -0.840. The predicted molar refractivity (Wildman–Crippen MR) is 95.1 cm³/mol. The second-order valence-corrected chi connectivity index (χ2v) is 7.09. The molecule has 0 unspecified atom stereocenters. The number of hydrogen-bond acceptors (Lipinski definition) is 2. The Kier molecular flexibility index (Phi) is 5.85. The molecule has 2 aromatic rings. The van der Waals surface area contributed by atoms with E-state index in [0.717, 1.165) is 32.6 Å². The molecule has 0 aliphatic carbocycles. The molecule has 0 amide bonds. The molecule has 0 spiro atoms. The average molecular weight is 413 g/mol. The van der Waals surface area contributed by atoms with Crippen LogP contribution in [0.1, 0.15) is 25.0 Å². The summed E-state index contributed by atoms with van der Waals surface area (Å²) in [6.07, 6.45) is 0. The van der Waals surface area contributed by atoms with Gasteiger partial charge in [0.2, 0.25) is 0 Å². The Bertz CT molecular complexity index is 626. The highest BCUT2D eigenvalue weighted by atomic mass is 79.9. The first kappa shape index (κ1) is 16.5. The highest BCUT2D eigenvalue weighted by molar-refractivity contribution is 9.10. The highest BCUT2D eigenvalue weighted by Crippen LogP contribution is 2.33. The number of halogens is 2. The van der Waals surface area contributed by atoms with Gasteiger partial charge in [0.25, 0.3) is 0 Å². The first-order valence-electron chi connectivity index (χ1n) is 6.91. The van der Waals surface area contributed by atoms with Gasteiger partial charge in [-0.15, -0.1) is 0 Å². The van der Waals surface area contributed by atoms with Crippen molar-refractivity contribution in [1.29, 1.82) is 0 Å². The molecular weight excluding hydrogens is 394 g/mol. The largest absolute Gasteiger partial charge is 0.456 e. The monoisotopic (exact) mass is 411 g/mol. The fourth-order valence-electron chi connectivity index (χ4n) is 1.89. The summed E-state index contributed by atoms with van der Waals surface area (Å²) in [7, 11) is 0. The second kappa shape index (κ2) is 7.43. The lowest BCUT2D eigenvalue weighted by Crippen LogP contribution is -2.22. The summed E-state index contributed by atoms with van der Waals surface area (Å²) in [5.41, 5.74) is 2.34. The van der Waals surface area contributed by atoms with Crippen molar-refractivity contribution >= 4 is 31.9 Å². The molecule has 4 heteroatoms. The summed E-state index contributed by atoms with van der Waals surface area (Å²) in [5, 5.41) is 3.42. The van der Waals surface area contributed by atoms with E-state index in [-0.39, 0.29) is 0 Å². The summed E-state index contributed by atoms with van der Waals surface area (Å²) in [5.74, 6) is 1.69. The Morgan fingerprint density at radius 2 is 1.81 bits per heavy atom. The lowest BCUT2D eigenvalue weighted by atomic mass is 10.2. The topological polar surface area (TPSA) is 21.3 Å². The van der Waals surface area contributed by atoms with Gasteiger partial charge in [0.15, 0.2) is 0 Å². The summed E-state index contributed by atoms with van der Waals surface area (Å²) in [6.45, 7) is 7.11. The normalized spacial score (nSPS) is 11.0. The molecule has 2 aromatic carbocycles. The highest BCUT2D eigenvalue weighted by Gasteiger charge is 2.09. The van der Waals surface area contributed by atoms with Gasteiger partial charge in [0, 0.05) is 22.6 Å². The van der Waals surface area contributed by atoms with Gasteiger partial charge in [0.05, 0.1) is 4.47 Å². The molecule has 0 aliphatic rings. The van der Waals surface area contributed by atoms with Crippen LogP contribution in [0.25, 0.3) is 0 Å². The van der Waals surface area contributed by atoms with Crippen LogP contribution in [0.3, 0.4) is 0 Å². The van der Waals surface area contributed by atoms with Gasteiger partial charge < -0.3 is 10.1 Å². The Morgan fingerprint density at radius 3 is 2.48 bits per heavy atom. The van der Waals surface area contributed by atoms with Crippen LogP contribution < -0.4 is 10.1 Å². The van der Waals surface area contributed by atoms with Crippen molar-refractivity contribution in [1.82, 2.24) is 5.32 Å². The maximum atomic E-state index is 6.09. The van der Waals surface area contributed by atoms with Crippen molar-refractivity contribution in [3.8, 4) is 11.5 Å². The third-order valence-corrected chi connectivity index (χ3v) is 4.15. The van der Waals surface area contributed by atoms with Crippen molar-refractivity contribution in [3.63, 3.8) is 0 Å². The van der Waals surface area contributed by atoms with Crippen molar-refractivity contribution in [3.05, 3.63) is 56.5 Å². The van der Waals surface area contributed by atoms with Gasteiger partial charge in [-0.3, -0.25) is 0 Å². The summed E-state index contributed by atoms with van der Waals surface area (Å²) < 4.78 is 8.06. The third kappa shape index (κ3) is 4.83. The molecule has 0 radical (unpaired) electrons. The molecule has 0 fully saturated rings. The molecular formula is C17H19Br2NO. The number of aryl methyl sites for hydroxylation is 1. The van der Waals surface area contributed by atoms with E-state index >= 15 is 0 Å². The van der Waals surface area contributed by atoms with Gasteiger partial charge in [-0.1, -0.05) is 41.9 Å². The summed E-state index contributed by atoms with van der Waals surface area (Å²) in [4.78, 5) is 0. The van der Waals surface area contributed by atoms with Crippen molar-refractivity contribution in [2.45, 2.75) is 33.4 Å². The van der Waals surface area contributed by atoms with Crippen LogP contribution in [0.5, 0.6) is 11.5 Å². The third-order valence-electron chi connectivity index (χ3n) is 3.04. The number of benzene rings is 2. The molecule has 0 heterocycles. The average Bonchev–Trinajstić information content (AvgIpc) is 2.41. The van der Waals surface area contributed by atoms with Crippen LogP contribution in [-0.2, 0) is 6.54 Å². The van der Waals surface area contributed by atoms with Gasteiger partial charge in [-0.25, -0.2) is 0 Å².